The molecule has 94 valence electrons. The monoisotopic (exact) mass is 226 g/mol. The third-order valence-corrected chi connectivity index (χ3v) is 3.95. The van der Waals surface area contributed by atoms with Crippen molar-refractivity contribution in [1.82, 2.24) is 10.2 Å². The minimum atomic E-state index is 0.540. The Morgan fingerprint density at radius 2 is 2.19 bits per heavy atom. The summed E-state index contributed by atoms with van der Waals surface area (Å²) >= 11 is 0. The zero-order valence-corrected chi connectivity index (χ0v) is 10.7. The average Bonchev–Trinajstić information content (AvgIpc) is 2.71. The van der Waals surface area contributed by atoms with Crippen molar-refractivity contribution < 1.29 is 4.74 Å². The maximum absolute atomic E-state index is 5.70. The second-order valence-corrected chi connectivity index (χ2v) is 5.41. The van der Waals surface area contributed by atoms with E-state index in [4.69, 9.17) is 4.74 Å². The molecule has 1 N–H and O–H groups in total. The first-order valence-corrected chi connectivity index (χ1v) is 6.84. The number of ether oxygens (including phenoxy) is 1. The van der Waals surface area contributed by atoms with Crippen LogP contribution in [0.5, 0.6) is 0 Å². The van der Waals surface area contributed by atoms with E-state index in [1.54, 1.807) is 0 Å². The van der Waals surface area contributed by atoms with Crippen molar-refractivity contribution in [3.8, 4) is 0 Å². The molecule has 0 radical (unpaired) electrons. The fourth-order valence-electron chi connectivity index (χ4n) is 2.81. The summed E-state index contributed by atoms with van der Waals surface area (Å²) in [4.78, 5) is 2.63. The Morgan fingerprint density at radius 1 is 1.31 bits per heavy atom. The molecule has 2 aliphatic heterocycles. The van der Waals surface area contributed by atoms with Gasteiger partial charge in [0.1, 0.15) is 0 Å². The van der Waals surface area contributed by atoms with Crippen molar-refractivity contribution in [2.45, 2.75) is 57.7 Å². The number of hydrogen-bond donors (Lipinski definition) is 1. The normalized spacial score (nSPS) is 37.5. The summed E-state index contributed by atoms with van der Waals surface area (Å²) < 4.78 is 5.70. The summed E-state index contributed by atoms with van der Waals surface area (Å²) in [7, 11) is 0. The molecule has 16 heavy (non-hydrogen) atoms. The molecule has 3 heteroatoms. The summed E-state index contributed by atoms with van der Waals surface area (Å²) in [6.07, 6.45) is 5.57. The third kappa shape index (κ3) is 3.44. The van der Waals surface area contributed by atoms with E-state index in [0.717, 1.165) is 12.6 Å². The van der Waals surface area contributed by atoms with Crippen LogP contribution in [0.3, 0.4) is 0 Å². The SMILES string of the molecule is CC1CN(CCC2CCCO2)C(C)CCN1. The van der Waals surface area contributed by atoms with Gasteiger partial charge in [-0.3, -0.25) is 4.90 Å². The van der Waals surface area contributed by atoms with Crippen LogP contribution in [0.2, 0.25) is 0 Å². The Hall–Kier alpha value is -0.120. The molecule has 0 aromatic carbocycles. The van der Waals surface area contributed by atoms with E-state index in [2.05, 4.69) is 24.1 Å². The van der Waals surface area contributed by atoms with Gasteiger partial charge >= 0.3 is 0 Å². The molecule has 0 aromatic heterocycles. The molecular weight excluding hydrogens is 200 g/mol. The highest BCUT2D eigenvalue weighted by Crippen LogP contribution is 2.17. The van der Waals surface area contributed by atoms with Gasteiger partial charge in [-0.15, -0.1) is 0 Å². The van der Waals surface area contributed by atoms with Crippen LogP contribution < -0.4 is 5.32 Å². The van der Waals surface area contributed by atoms with Gasteiger partial charge in [-0.25, -0.2) is 0 Å². The Bertz CT molecular complexity index is 204. The molecule has 2 fully saturated rings. The molecule has 3 nitrogen and oxygen atoms in total. The number of rotatable bonds is 3. The summed E-state index contributed by atoms with van der Waals surface area (Å²) in [6, 6.07) is 1.35. The van der Waals surface area contributed by atoms with Crippen LogP contribution in [0.1, 0.15) is 39.5 Å². The highest BCUT2D eigenvalue weighted by Gasteiger charge is 2.22. The Kier molecular flexibility index (Phi) is 4.62. The van der Waals surface area contributed by atoms with Crippen LogP contribution in [0.4, 0.5) is 0 Å². The quantitative estimate of drug-likeness (QED) is 0.791. The van der Waals surface area contributed by atoms with E-state index in [0.29, 0.717) is 12.1 Å². The molecule has 0 amide bonds. The van der Waals surface area contributed by atoms with Crippen molar-refractivity contribution >= 4 is 0 Å². The van der Waals surface area contributed by atoms with Gasteiger partial charge in [0.15, 0.2) is 0 Å². The topological polar surface area (TPSA) is 24.5 Å². The molecule has 0 spiro atoms. The second kappa shape index (κ2) is 5.99. The van der Waals surface area contributed by atoms with Crippen molar-refractivity contribution in [2.24, 2.45) is 0 Å². The van der Waals surface area contributed by atoms with Crippen molar-refractivity contribution in [2.75, 3.05) is 26.2 Å². The standard InChI is InChI=1S/C13H26N2O/c1-11-10-15(12(2)5-7-14-11)8-6-13-4-3-9-16-13/h11-14H,3-10H2,1-2H3. The number of nitrogens with zero attached hydrogens (tertiary/aromatic N) is 1. The molecule has 3 atom stereocenters. The number of hydrogen-bond acceptors (Lipinski definition) is 3. The van der Waals surface area contributed by atoms with Crippen molar-refractivity contribution in [3.63, 3.8) is 0 Å². The van der Waals surface area contributed by atoms with Crippen LogP contribution in [-0.4, -0.2) is 49.3 Å². The largest absolute Gasteiger partial charge is 0.378 e. The maximum atomic E-state index is 5.70. The second-order valence-electron chi connectivity index (χ2n) is 5.41. The first-order chi connectivity index (χ1) is 7.75. The Morgan fingerprint density at radius 3 is 2.94 bits per heavy atom. The summed E-state index contributed by atoms with van der Waals surface area (Å²) in [5, 5.41) is 3.56. The smallest absolute Gasteiger partial charge is 0.0588 e. The van der Waals surface area contributed by atoms with Gasteiger partial charge in [0.25, 0.3) is 0 Å². The first-order valence-electron chi connectivity index (χ1n) is 6.84. The van der Waals surface area contributed by atoms with E-state index in [1.807, 2.05) is 0 Å². The highest BCUT2D eigenvalue weighted by atomic mass is 16.5. The fourth-order valence-corrected chi connectivity index (χ4v) is 2.81. The maximum Gasteiger partial charge on any atom is 0.0588 e. The van der Waals surface area contributed by atoms with Crippen LogP contribution in [0.15, 0.2) is 0 Å². The predicted molar refractivity (Wildman–Crippen MR) is 66.7 cm³/mol. The van der Waals surface area contributed by atoms with E-state index < -0.39 is 0 Å². The molecule has 2 saturated heterocycles. The van der Waals surface area contributed by atoms with Gasteiger partial charge in [-0.2, -0.15) is 0 Å². The minimum absolute atomic E-state index is 0.540. The van der Waals surface area contributed by atoms with Gasteiger partial charge in [-0.05, 0) is 46.1 Å². The molecular formula is C13H26N2O. The van der Waals surface area contributed by atoms with Gasteiger partial charge < -0.3 is 10.1 Å². The van der Waals surface area contributed by atoms with E-state index in [9.17, 15) is 0 Å². The van der Waals surface area contributed by atoms with Gasteiger partial charge in [-0.1, -0.05) is 0 Å². The lowest BCUT2D eigenvalue weighted by Crippen LogP contribution is -2.39. The Labute approximate surface area is 99.5 Å². The molecule has 0 aromatic rings. The first kappa shape index (κ1) is 12.3. The highest BCUT2D eigenvalue weighted by molar-refractivity contribution is 4.79. The number of nitrogens with one attached hydrogen (secondary N) is 1. The third-order valence-electron chi connectivity index (χ3n) is 3.95. The lowest BCUT2D eigenvalue weighted by Gasteiger charge is -2.28. The van der Waals surface area contributed by atoms with Gasteiger partial charge in [0.05, 0.1) is 6.10 Å². The Balaban J connectivity index is 1.76. The molecule has 2 heterocycles. The van der Waals surface area contributed by atoms with Crippen LogP contribution in [-0.2, 0) is 4.74 Å². The molecule has 0 saturated carbocycles. The van der Waals surface area contributed by atoms with Gasteiger partial charge in [0, 0.05) is 31.8 Å². The zero-order valence-electron chi connectivity index (χ0n) is 10.7. The molecule has 0 aliphatic carbocycles. The summed E-state index contributed by atoms with van der Waals surface area (Å²) in [5.41, 5.74) is 0. The van der Waals surface area contributed by atoms with Gasteiger partial charge in [0.2, 0.25) is 0 Å². The van der Waals surface area contributed by atoms with Crippen LogP contribution in [0.25, 0.3) is 0 Å². The molecule has 0 bridgehead atoms. The van der Waals surface area contributed by atoms with E-state index in [-0.39, 0.29) is 0 Å². The lowest BCUT2D eigenvalue weighted by molar-refractivity contribution is 0.0855. The average molecular weight is 226 g/mol. The fraction of sp³-hybridized carbons (Fsp3) is 1.00. The molecule has 2 aliphatic rings. The molecule has 2 rings (SSSR count). The summed E-state index contributed by atoms with van der Waals surface area (Å²) in [5.74, 6) is 0. The zero-order chi connectivity index (χ0) is 11.4. The van der Waals surface area contributed by atoms with Crippen LogP contribution >= 0.6 is 0 Å². The van der Waals surface area contributed by atoms with Crippen molar-refractivity contribution in [1.29, 1.82) is 0 Å². The van der Waals surface area contributed by atoms with E-state index in [1.165, 1.54) is 45.3 Å². The minimum Gasteiger partial charge on any atom is -0.378 e. The lowest BCUT2D eigenvalue weighted by atomic mass is 10.1. The summed E-state index contributed by atoms with van der Waals surface area (Å²) in [6.45, 7) is 9.19. The van der Waals surface area contributed by atoms with E-state index >= 15 is 0 Å². The predicted octanol–water partition coefficient (Wildman–Crippen LogP) is 1.63. The van der Waals surface area contributed by atoms with Crippen molar-refractivity contribution in [3.05, 3.63) is 0 Å². The van der Waals surface area contributed by atoms with Crippen LogP contribution in [0, 0.1) is 0 Å². The molecule has 3 unspecified atom stereocenters.